The Morgan fingerprint density at radius 2 is 1.80 bits per heavy atom. The average Bonchev–Trinajstić information content (AvgIpc) is 1.58. The number of ether oxygens (including phenoxy) is 2. The van der Waals surface area contributed by atoms with Crippen LogP contribution >= 0.6 is 0 Å². The second kappa shape index (κ2) is 4.14. The molecule has 0 aliphatic carbocycles. The molecule has 3 heteroatoms. The van der Waals surface area contributed by atoms with Crippen LogP contribution in [0.4, 0.5) is 4.79 Å². The van der Waals surface area contributed by atoms with Crippen molar-refractivity contribution in [3.05, 3.63) is 6.10 Å². The van der Waals surface area contributed by atoms with E-state index in [9.17, 15) is 4.79 Å². The van der Waals surface area contributed by atoms with Crippen LogP contribution in [0, 0.1) is 6.10 Å². The van der Waals surface area contributed by atoms with E-state index in [0.717, 1.165) is 0 Å². The summed E-state index contributed by atoms with van der Waals surface area (Å²) in [4.78, 5) is 10.6. The lowest BCUT2D eigenvalue weighted by atomic mass is 10.5. The van der Waals surface area contributed by atoms with Crippen molar-refractivity contribution in [3.63, 3.8) is 0 Å². The Hall–Kier alpha value is -0.730. The van der Waals surface area contributed by atoms with Crippen molar-refractivity contribution in [2.75, 3.05) is 0 Å². The first kappa shape index (κ1) is 9.27. The SMILES string of the molecule is C[C](C)OC(=O)OC(C)C. The molecule has 0 aromatic heterocycles. The summed E-state index contributed by atoms with van der Waals surface area (Å²) in [5, 5.41) is 0. The van der Waals surface area contributed by atoms with E-state index in [1.807, 2.05) is 0 Å². The molecule has 10 heavy (non-hydrogen) atoms. The van der Waals surface area contributed by atoms with Crippen molar-refractivity contribution in [3.8, 4) is 0 Å². The van der Waals surface area contributed by atoms with Gasteiger partial charge in [0.15, 0.2) is 0 Å². The van der Waals surface area contributed by atoms with Crippen LogP contribution in [0.25, 0.3) is 0 Å². The first-order chi connectivity index (χ1) is 4.52. The van der Waals surface area contributed by atoms with E-state index in [0.29, 0.717) is 6.10 Å². The third-order valence-corrected chi connectivity index (χ3v) is 0.619. The molecule has 0 atom stereocenters. The quantitative estimate of drug-likeness (QED) is 0.558. The van der Waals surface area contributed by atoms with Gasteiger partial charge in [-0.15, -0.1) is 0 Å². The molecule has 0 aliphatic heterocycles. The zero-order valence-corrected chi connectivity index (χ0v) is 6.80. The molecule has 0 fully saturated rings. The summed E-state index contributed by atoms with van der Waals surface area (Å²) in [6.07, 6.45) is -0.160. The molecule has 0 saturated heterocycles. The highest BCUT2D eigenvalue weighted by Crippen LogP contribution is 2.01. The fourth-order valence-electron chi connectivity index (χ4n) is 0.383. The van der Waals surface area contributed by atoms with Gasteiger partial charge < -0.3 is 9.47 Å². The second-order valence-corrected chi connectivity index (χ2v) is 2.43. The fraction of sp³-hybridized carbons (Fsp3) is 0.714. The molecule has 0 spiro atoms. The first-order valence-electron chi connectivity index (χ1n) is 3.21. The van der Waals surface area contributed by atoms with Gasteiger partial charge in [0.05, 0.1) is 6.10 Å². The monoisotopic (exact) mass is 145 g/mol. The third-order valence-electron chi connectivity index (χ3n) is 0.619. The van der Waals surface area contributed by atoms with Crippen LogP contribution in [0.1, 0.15) is 27.7 Å². The van der Waals surface area contributed by atoms with Crippen molar-refractivity contribution in [1.29, 1.82) is 0 Å². The summed E-state index contributed by atoms with van der Waals surface area (Å²) >= 11 is 0. The molecule has 0 aromatic rings. The van der Waals surface area contributed by atoms with Crippen LogP contribution in [0.5, 0.6) is 0 Å². The molecule has 0 amide bonds. The number of carbonyl (C=O) groups is 1. The Morgan fingerprint density at radius 3 is 2.10 bits per heavy atom. The predicted octanol–water partition coefficient (Wildman–Crippen LogP) is 2.12. The van der Waals surface area contributed by atoms with Gasteiger partial charge in [-0.1, -0.05) is 0 Å². The van der Waals surface area contributed by atoms with Gasteiger partial charge >= 0.3 is 6.16 Å². The number of rotatable bonds is 2. The first-order valence-corrected chi connectivity index (χ1v) is 3.21. The van der Waals surface area contributed by atoms with Crippen LogP contribution in [-0.4, -0.2) is 12.3 Å². The van der Waals surface area contributed by atoms with Crippen molar-refractivity contribution in [1.82, 2.24) is 0 Å². The molecule has 0 bridgehead atoms. The topological polar surface area (TPSA) is 35.5 Å². The molecule has 59 valence electrons. The molecule has 0 heterocycles. The maximum atomic E-state index is 10.6. The van der Waals surface area contributed by atoms with Gasteiger partial charge in [0.2, 0.25) is 0 Å². The summed E-state index contributed by atoms with van der Waals surface area (Å²) in [7, 11) is 0. The van der Waals surface area contributed by atoms with E-state index in [2.05, 4.69) is 9.47 Å². The normalized spacial score (nSPS) is 10.2. The van der Waals surface area contributed by atoms with Crippen molar-refractivity contribution >= 4 is 6.16 Å². The second-order valence-electron chi connectivity index (χ2n) is 2.43. The number of hydrogen-bond donors (Lipinski definition) is 0. The Bertz CT molecular complexity index is 95.4. The van der Waals surface area contributed by atoms with Gasteiger partial charge in [0.1, 0.15) is 6.10 Å². The van der Waals surface area contributed by atoms with Gasteiger partial charge in [-0.3, -0.25) is 0 Å². The van der Waals surface area contributed by atoms with E-state index in [4.69, 9.17) is 0 Å². The number of carbonyl (C=O) groups excluding carboxylic acids is 1. The molecule has 0 unspecified atom stereocenters. The highest BCUT2D eigenvalue weighted by atomic mass is 16.7. The van der Waals surface area contributed by atoms with Gasteiger partial charge in [0.25, 0.3) is 0 Å². The molecule has 0 N–H and O–H groups in total. The predicted molar refractivity (Wildman–Crippen MR) is 37.3 cm³/mol. The average molecular weight is 145 g/mol. The van der Waals surface area contributed by atoms with E-state index in [1.165, 1.54) is 0 Å². The Balaban J connectivity index is 3.44. The maximum absolute atomic E-state index is 10.6. The van der Waals surface area contributed by atoms with Gasteiger partial charge in [0, 0.05) is 0 Å². The highest BCUT2D eigenvalue weighted by molar-refractivity contribution is 5.60. The summed E-state index contributed by atoms with van der Waals surface area (Å²) in [6, 6.07) is 0. The Kier molecular flexibility index (Phi) is 3.84. The van der Waals surface area contributed by atoms with Crippen molar-refractivity contribution in [2.45, 2.75) is 33.8 Å². The number of hydrogen-bond acceptors (Lipinski definition) is 3. The standard InChI is InChI=1S/C7H13O3/c1-5(2)9-7(8)10-6(3)4/h5H,1-4H3. The van der Waals surface area contributed by atoms with Crippen LogP contribution < -0.4 is 0 Å². The van der Waals surface area contributed by atoms with Gasteiger partial charge in [-0.25, -0.2) is 4.79 Å². The minimum absolute atomic E-state index is 0.119. The zero-order valence-electron chi connectivity index (χ0n) is 6.80. The van der Waals surface area contributed by atoms with E-state index in [1.54, 1.807) is 27.7 Å². The van der Waals surface area contributed by atoms with Crippen molar-refractivity contribution in [2.24, 2.45) is 0 Å². The lowest BCUT2D eigenvalue weighted by Gasteiger charge is -2.09. The Labute approximate surface area is 61.3 Å². The minimum Gasteiger partial charge on any atom is -0.432 e. The van der Waals surface area contributed by atoms with E-state index < -0.39 is 6.16 Å². The molecule has 1 radical (unpaired) electrons. The third kappa shape index (κ3) is 5.41. The molecule has 0 aliphatic rings. The smallest absolute Gasteiger partial charge is 0.432 e. The Morgan fingerprint density at radius 1 is 1.30 bits per heavy atom. The van der Waals surface area contributed by atoms with E-state index in [-0.39, 0.29) is 6.10 Å². The van der Waals surface area contributed by atoms with Crippen LogP contribution in [-0.2, 0) is 9.47 Å². The molecular formula is C7H13O3. The molecule has 0 saturated carbocycles. The maximum Gasteiger partial charge on any atom is 0.509 e. The minimum atomic E-state index is -0.630. The molecule has 3 nitrogen and oxygen atoms in total. The van der Waals surface area contributed by atoms with E-state index >= 15 is 0 Å². The lowest BCUT2D eigenvalue weighted by molar-refractivity contribution is 0.0410. The van der Waals surface area contributed by atoms with Crippen LogP contribution in [0.3, 0.4) is 0 Å². The largest absolute Gasteiger partial charge is 0.509 e. The van der Waals surface area contributed by atoms with Gasteiger partial charge in [-0.05, 0) is 27.7 Å². The molecular weight excluding hydrogens is 132 g/mol. The highest BCUT2D eigenvalue weighted by Gasteiger charge is 2.08. The lowest BCUT2D eigenvalue weighted by Crippen LogP contribution is -2.13. The fourth-order valence-corrected chi connectivity index (χ4v) is 0.383. The van der Waals surface area contributed by atoms with Gasteiger partial charge in [-0.2, -0.15) is 0 Å². The van der Waals surface area contributed by atoms with Crippen molar-refractivity contribution < 1.29 is 14.3 Å². The van der Waals surface area contributed by atoms with Crippen LogP contribution in [0.2, 0.25) is 0 Å². The van der Waals surface area contributed by atoms with Crippen LogP contribution in [0.15, 0.2) is 0 Å². The molecule has 0 rings (SSSR count). The molecule has 0 aromatic carbocycles. The summed E-state index contributed by atoms with van der Waals surface area (Å²) < 4.78 is 9.30. The summed E-state index contributed by atoms with van der Waals surface area (Å²) in [5.41, 5.74) is 0. The summed E-state index contributed by atoms with van der Waals surface area (Å²) in [6.45, 7) is 6.93. The summed E-state index contributed by atoms with van der Waals surface area (Å²) in [5.74, 6) is 0. The zero-order chi connectivity index (χ0) is 8.15.